The zero-order chi connectivity index (χ0) is 25.9. The van der Waals surface area contributed by atoms with Gasteiger partial charge in [-0.05, 0) is 69.9 Å². The number of pyridine rings is 1. The van der Waals surface area contributed by atoms with Crippen LogP contribution >= 0.6 is 0 Å². The van der Waals surface area contributed by atoms with Gasteiger partial charge in [-0.3, -0.25) is 4.79 Å². The van der Waals surface area contributed by atoms with E-state index in [-0.39, 0.29) is 5.56 Å². The molecule has 3 aromatic rings. The second kappa shape index (κ2) is 13.6. The molecule has 0 saturated carbocycles. The fourth-order valence-corrected chi connectivity index (χ4v) is 3.94. The lowest BCUT2D eigenvalue weighted by atomic mass is 10.1. The number of allylic oxidation sites excluding steroid dienone is 3. The fourth-order valence-electron chi connectivity index (χ4n) is 3.94. The molecule has 0 bridgehead atoms. The van der Waals surface area contributed by atoms with E-state index in [4.69, 9.17) is 9.47 Å². The lowest BCUT2D eigenvalue weighted by molar-refractivity contribution is 0.275. The van der Waals surface area contributed by atoms with Crippen LogP contribution in [0.3, 0.4) is 0 Å². The van der Waals surface area contributed by atoms with Crippen LogP contribution in [0.2, 0.25) is 0 Å². The normalized spacial score (nSPS) is 11.4. The maximum Gasteiger partial charge on any atom is 0.297 e. The summed E-state index contributed by atoms with van der Waals surface area (Å²) in [6.07, 6.45) is 8.22. The van der Waals surface area contributed by atoms with Gasteiger partial charge in [-0.25, -0.2) is 0 Å². The van der Waals surface area contributed by atoms with Crippen molar-refractivity contribution < 1.29 is 9.47 Å². The smallest absolute Gasteiger partial charge is 0.297 e. The monoisotopic (exact) mass is 488 g/mol. The maximum absolute atomic E-state index is 13.3. The minimum Gasteiger partial charge on any atom is -0.485 e. The molecule has 192 valence electrons. The molecule has 0 fully saturated rings. The van der Waals surface area contributed by atoms with Crippen molar-refractivity contribution in [3.63, 3.8) is 0 Å². The van der Waals surface area contributed by atoms with E-state index in [1.54, 1.807) is 11.6 Å². The molecule has 0 atom stereocenters. The summed E-state index contributed by atoms with van der Waals surface area (Å²) in [5.41, 5.74) is 5.36. The number of anilines is 1. The molecular weight excluding hydrogens is 448 g/mol. The Balaban J connectivity index is 1.89. The van der Waals surface area contributed by atoms with Gasteiger partial charge in [0.2, 0.25) is 5.75 Å². The average Bonchev–Trinajstić information content (AvgIpc) is 2.87. The van der Waals surface area contributed by atoms with Crippen molar-refractivity contribution in [2.75, 3.05) is 18.5 Å². The predicted octanol–water partition coefficient (Wildman–Crippen LogP) is 7.40. The summed E-state index contributed by atoms with van der Waals surface area (Å²) < 4.78 is 13.9. The Morgan fingerprint density at radius 2 is 1.78 bits per heavy atom. The van der Waals surface area contributed by atoms with E-state index < -0.39 is 0 Å². The van der Waals surface area contributed by atoms with Crippen molar-refractivity contribution in [1.82, 2.24) is 4.57 Å². The van der Waals surface area contributed by atoms with Crippen LogP contribution < -0.4 is 20.3 Å². The topological polar surface area (TPSA) is 52.5 Å². The summed E-state index contributed by atoms with van der Waals surface area (Å²) in [6.45, 7) is 10.0. The third-order valence-electron chi connectivity index (χ3n) is 6.14. The first-order chi connectivity index (χ1) is 17.4. The number of aromatic nitrogens is 1. The van der Waals surface area contributed by atoms with Crippen LogP contribution in [0.4, 0.5) is 5.69 Å². The van der Waals surface area contributed by atoms with E-state index in [0.29, 0.717) is 31.3 Å². The molecule has 5 nitrogen and oxygen atoms in total. The zero-order valence-electron chi connectivity index (χ0n) is 22.4. The summed E-state index contributed by atoms with van der Waals surface area (Å²) in [5.74, 6) is 0.811. The first-order valence-electron chi connectivity index (χ1n) is 12.9. The van der Waals surface area contributed by atoms with Crippen molar-refractivity contribution in [2.24, 2.45) is 7.05 Å². The van der Waals surface area contributed by atoms with Crippen LogP contribution in [-0.4, -0.2) is 17.8 Å². The summed E-state index contributed by atoms with van der Waals surface area (Å²) in [4.78, 5) is 13.3. The molecule has 0 spiro atoms. The summed E-state index contributed by atoms with van der Waals surface area (Å²) in [7, 11) is 1.79. The quantitative estimate of drug-likeness (QED) is 0.201. The molecule has 0 aliphatic heterocycles. The highest BCUT2D eigenvalue weighted by molar-refractivity contribution is 5.90. The molecule has 0 aliphatic rings. The first-order valence-corrected chi connectivity index (χ1v) is 12.9. The fraction of sp³-hybridized carbons (Fsp3) is 0.387. The van der Waals surface area contributed by atoms with Gasteiger partial charge in [0.25, 0.3) is 5.56 Å². The number of ether oxygens (including phenoxy) is 2. The molecule has 0 amide bonds. The van der Waals surface area contributed by atoms with Gasteiger partial charge in [-0.2, -0.15) is 0 Å². The Labute approximate surface area is 215 Å². The van der Waals surface area contributed by atoms with E-state index in [9.17, 15) is 4.79 Å². The number of unbranched alkanes of at least 4 members (excludes halogenated alkanes) is 1. The van der Waals surface area contributed by atoms with Gasteiger partial charge < -0.3 is 19.4 Å². The van der Waals surface area contributed by atoms with Gasteiger partial charge in [0, 0.05) is 24.7 Å². The Morgan fingerprint density at radius 3 is 2.50 bits per heavy atom. The number of rotatable bonds is 13. The first kappa shape index (κ1) is 27.1. The second-order valence-corrected chi connectivity index (χ2v) is 9.48. The molecule has 0 saturated heterocycles. The van der Waals surface area contributed by atoms with Crippen LogP contribution in [0, 0.1) is 0 Å². The molecule has 36 heavy (non-hydrogen) atoms. The highest BCUT2D eigenvalue weighted by atomic mass is 16.5. The highest BCUT2D eigenvalue weighted by Crippen LogP contribution is 2.34. The average molecular weight is 489 g/mol. The number of benzene rings is 2. The van der Waals surface area contributed by atoms with Crippen LogP contribution in [0.25, 0.3) is 10.9 Å². The predicted molar refractivity (Wildman–Crippen MR) is 151 cm³/mol. The van der Waals surface area contributed by atoms with E-state index in [1.165, 1.54) is 16.7 Å². The van der Waals surface area contributed by atoms with Gasteiger partial charge in [0.15, 0.2) is 5.75 Å². The molecular formula is C31H40N2O3. The zero-order valence-corrected chi connectivity index (χ0v) is 22.4. The lowest BCUT2D eigenvalue weighted by Crippen LogP contribution is -2.21. The van der Waals surface area contributed by atoms with Crippen molar-refractivity contribution in [3.8, 4) is 11.5 Å². The van der Waals surface area contributed by atoms with Crippen molar-refractivity contribution >= 4 is 16.6 Å². The van der Waals surface area contributed by atoms with Crippen molar-refractivity contribution in [3.05, 3.63) is 87.7 Å². The number of nitrogens with zero attached hydrogens (tertiary/aromatic N) is 1. The van der Waals surface area contributed by atoms with E-state index >= 15 is 0 Å². The van der Waals surface area contributed by atoms with Gasteiger partial charge >= 0.3 is 0 Å². The molecule has 3 rings (SSSR count). The minimum atomic E-state index is -0.182. The largest absolute Gasteiger partial charge is 0.485 e. The van der Waals surface area contributed by atoms with E-state index in [1.807, 2.05) is 36.4 Å². The number of fused-ring (bicyclic) bond motifs is 1. The SMILES string of the molecule is CCCCOc1c(OC/C=C(\C)CCC=C(C)C)c2ccc(NCc3ccccc3)cc2n(C)c1=O. The Kier molecular flexibility index (Phi) is 10.2. The number of hydrogen-bond acceptors (Lipinski definition) is 4. The maximum atomic E-state index is 13.3. The molecule has 0 radical (unpaired) electrons. The standard InChI is InChI=1S/C31H40N2O3/c1-6-7-19-35-30-29(36-20-18-24(4)13-11-12-23(2)3)27-17-16-26(21-28(27)33(5)31(30)34)32-22-25-14-9-8-10-15-25/h8-10,12,14-18,21,32H,6-7,11,13,19-20,22H2,1-5H3/b24-18+. The number of aryl methyl sites for hydroxylation is 1. The summed E-state index contributed by atoms with van der Waals surface area (Å²) >= 11 is 0. The second-order valence-electron chi connectivity index (χ2n) is 9.48. The van der Waals surface area contributed by atoms with Gasteiger partial charge in [0.05, 0.1) is 12.1 Å². The van der Waals surface area contributed by atoms with E-state index in [0.717, 1.165) is 42.3 Å². The van der Waals surface area contributed by atoms with Crippen LogP contribution in [0.1, 0.15) is 58.9 Å². The number of nitrogens with one attached hydrogen (secondary N) is 1. The van der Waals surface area contributed by atoms with Crippen LogP contribution in [-0.2, 0) is 13.6 Å². The molecule has 1 heterocycles. The Bertz CT molecular complexity index is 1250. The molecule has 2 aromatic carbocycles. The third-order valence-corrected chi connectivity index (χ3v) is 6.14. The minimum absolute atomic E-state index is 0.182. The lowest BCUT2D eigenvalue weighted by Gasteiger charge is -2.17. The van der Waals surface area contributed by atoms with Crippen LogP contribution in [0.5, 0.6) is 11.5 Å². The molecule has 5 heteroatoms. The molecule has 1 aromatic heterocycles. The summed E-state index contributed by atoms with van der Waals surface area (Å²) in [5, 5.41) is 4.32. The number of hydrogen-bond donors (Lipinski definition) is 1. The highest BCUT2D eigenvalue weighted by Gasteiger charge is 2.18. The van der Waals surface area contributed by atoms with Crippen molar-refractivity contribution in [2.45, 2.75) is 59.9 Å². The van der Waals surface area contributed by atoms with Gasteiger partial charge in [-0.15, -0.1) is 0 Å². The van der Waals surface area contributed by atoms with E-state index in [2.05, 4.69) is 57.3 Å². The molecule has 0 unspecified atom stereocenters. The molecule has 0 aliphatic carbocycles. The summed E-state index contributed by atoms with van der Waals surface area (Å²) in [6, 6.07) is 16.3. The van der Waals surface area contributed by atoms with Crippen LogP contribution in [0.15, 0.2) is 76.6 Å². The third kappa shape index (κ3) is 7.51. The Morgan fingerprint density at radius 1 is 1.00 bits per heavy atom. The molecule has 1 N–H and O–H groups in total. The van der Waals surface area contributed by atoms with Gasteiger partial charge in [-0.1, -0.05) is 60.9 Å². The Hall–Kier alpha value is -3.47. The van der Waals surface area contributed by atoms with Gasteiger partial charge in [0.1, 0.15) is 6.61 Å². The van der Waals surface area contributed by atoms with Crippen molar-refractivity contribution in [1.29, 1.82) is 0 Å².